The Morgan fingerprint density at radius 1 is 1.53 bits per heavy atom. The quantitative estimate of drug-likeness (QED) is 0.798. The van der Waals surface area contributed by atoms with E-state index in [0.717, 1.165) is 19.5 Å². The third-order valence-corrected chi connectivity index (χ3v) is 3.07. The molecule has 0 aromatic carbocycles. The Hall–Kier alpha value is -0.610. The highest BCUT2D eigenvalue weighted by Crippen LogP contribution is 2.15. The topological polar surface area (TPSA) is 43.8 Å². The summed E-state index contributed by atoms with van der Waals surface area (Å²) in [4.78, 5) is 15.9. The van der Waals surface area contributed by atoms with Crippen LogP contribution in [0.25, 0.3) is 0 Å². The summed E-state index contributed by atoms with van der Waals surface area (Å²) in [6, 6.07) is 0. The van der Waals surface area contributed by atoms with Crippen LogP contribution in [0.3, 0.4) is 0 Å². The molecule has 1 atom stereocenters. The van der Waals surface area contributed by atoms with Crippen molar-refractivity contribution in [3.63, 3.8) is 0 Å². The normalized spacial score (nSPS) is 22.0. The van der Waals surface area contributed by atoms with Gasteiger partial charge in [-0.05, 0) is 39.7 Å². The lowest BCUT2D eigenvalue weighted by Crippen LogP contribution is -2.46. The molecule has 100 valence electrons. The third-order valence-electron chi connectivity index (χ3n) is 3.07. The third kappa shape index (κ3) is 5.50. The van der Waals surface area contributed by atoms with Crippen molar-refractivity contribution in [1.82, 2.24) is 9.80 Å². The summed E-state index contributed by atoms with van der Waals surface area (Å²) in [5, 5.41) is 9.69. The maximum absolute atomic E-state index is 12.0. The first kappa shape index (κ1) is 14.5. The molecular formula is C13H26N2O2. The number of hydrogen-bond donors (Lipinski definition) is 1. The van der Waals surface area contributed by atoms with Gasteiger partial charge in [-0.15, -0.1) is 0 Å². The van der Waals surface area contributed by atoms with Gasteiger partial charge < -0.3 is 10.0 Å². The number of amides is 1. The molecule has 4 heteroatoms. The molecular weight excluding hydrogens is 216 g/mol. The molecule has 0 saturated carbocycles. The minimum absolute atomic E-state index is 0.184. The highest BCUT2D eigenvalue weighted by molar-refractivity contribution is 5.78. The molecule has 1 N–H and O–H groups in total. The monoisotopic (exact) mass is 242 g/mol. The van der Waals surface area contributed by atoms with Gasteiger partial charge >= 0.3 is 0 Å². The van der Waals surface area contributed by atoms with Gasteiger partial charge in [0.1, 0.15) is 0 Å². The van der Waals surface area contributed by atoms with Crippen molar-refractivity contribution in [1.29, 1.82) is 0 Å². The summed E-state index contributed by atoms with van der Waals surface area (Å²) in [5.41, 5.74) is -0.746. The van der Waals surface area contributed by atoms with Gasteiger partial charge in [0.2, 0.25) is 5.91 Å². The van der Waals surface area contributed by atoms with Gasteiger partial charge in [-0.25, -0.2) is 0 Å². The van der Waals surface area contributed by atoms with Crippen LogP contribution in [0.15, 0.2) is 0 Å². The zero-order valence-corrected chi connectivity index (χ0v) is 11.6. The maximum Gasteiger partial charge on any atom is 0.236 e. The summed E-state index contributed by atoms with van der Waals surface area (Å²) in [6.45, 7) is 8.40. The molecule has 0 aromatic rings. The summed E-state index contributed by atoms with van der Waals surface area (Å²) >= 11 is 0. The van der Waals surface area contributed by atoms with Gasteiger partial charge in [0.15, 0.2) is 0 Å². The maximum atomic E-state index is 12.0. The molecule has 0 bridgehead atoms. The zero-order valence-electron chi connectivity index (χ0n) is 11.6. The van der Waals surface area contributed by atoms with Crippen LogP contribution in [-0.4, -0.2) is 59.6 Å². The van der Waals surface area contributed by atoms with Crippen molar-refractivity contribution < 1.29 is 9.90 Å². The molecule has 4 nitrogen and oxygen atoms in total. The van der Waals surface area contributed by atoms with Crippen LogP contribution in [0.2, 0.25) is 0 Å². The molecule has 1 unspecified atom stereocenters. The summed E-state index contributed by atoms with van der Waals surface area (Å²) in [5.74, 6) is 0.801. The van der Waals surface area contributed by atoms with E-state index < -0.39 is 5.60 Å². The van der Waals surface area contributed by atoms with Gasteiger partial charge in [-0.2, -0.15) is 0 Å². The SMILES string of the molecule is CC1CCCN(C(=O)CN(C)CC(C)(C)O)C1. The summed E-state index contributed by atoms with van der Waals surface area (Å²) in [6.07, 6.45) is 2.34. The van der Waals surface area contributed by atoms with Gasteiger partial charge in [0.05, 0.1) is 12.1 Å². The summed E-state index contributed by atoms with van der Waals surface area (Å²) < 4.78 is 0. The average molecular weight is 242 g/mol. The van der Waals surface area contributed by atoms with E-state index in [9.17, 15) is 9.90 Å². The Labute approximate surface area is 105 Å². The minimum Gasteiger partial charge on any atom is -0.389 e. The lowest BCUT2D eigenvalue weighted by molar-refractivity contribution is -0.134. The molecule has 1 rings (SSSR count). The van der Waals surface area contributed by atoms with Gasteiger partial charge in [-0.3, -0.25) is 9.69 Å². The van der Waals surface area contributed by atoms with E-state index in [1.165, 1.54) is 6.42 Å². The van der Waals surface area contributed by atoms with Crippen LogP contribution in [0.1, 0.15) is 33.6 Å². The van der Waals surface area contributed by atoms with Crippen LogP contribution >= 0.6 is 0 Å². The molecule has 0 radical (unpaired) electrons. The lowest BCUT2D eigenvalue weighted by atomic mass is 10.0. The molecule has 1 heterocycles. The molecule has 0 aromatic heterocycles. The van der Waals surface area contributed by atoms with Gasteiger partial charge in [0.25, 0.3) is 0 Å². The minimum atomic E-state index is -0.746. The number of nitrogens with zero attached hydrogens (tertiary/aromatic N) is 2. The second kappa shape index (κ2) is 5.83. The number of rotatable bonds is 4. The van der Waals surface area contributed by atoms with Gasteiger partial charge in [-0.1, -0.05) is 6.92 Å². The number of aliphatic hydroxyl groups is 1. The molecule has 1 aliphatic rings. The Morgan fingerprint density at radius 2 is 2.18 bits per heavy atom. The molecule has 1 saturated heterocycles. The molecule has 0 aliphatic carbocycles. The van der Waals surface area contributed by atoms with Crippen LogP contribution in [-0.2, 0) is 4.79 Å². The number of hydrogen-bond acceptors (Lipinski definition) is 3. The fourth-order valence-corrected chi connectivity index (χ4v) is 2.46. The van der Waals surface area contributed by atoms with Crippen molar-refractivity contribution in [2.75, 3.05) is 33.2 Å². The Balaban J connectivity index is 2.38. The molecule has 17 heavy (non-hydrogen) atoms. The van der Waals surface area contributed by atoms with E-state index in [1.807, 2.05) is 16.8 Å². The van der Waals surface area contributed by atoms with Crippen molar-refractivity contribution in [3.8, 4) is 0 Å². The first-order chi connectivity index (χ1) is 7.78. The fourth-order valence-electron chi connectivity index (χ4n) is 2.46. The smallest absolute Gasteiger partial charge is 0.236 e. The highest BCUT2D eigenvalue weighted by Gasteiger charge is 2.23. The van der Waals surface area contributed by atoms with E-state index in [1.54, 1.807) is 13.8 Å². The number of carbonyl (C=O) groups excluding carboxylic acids is 1. The van der Waals surface area contributed by atoms with E-state index in [-0.39, 0.29) is 5.91 Å². The second-order valence-corrected chi connectivity index (χ2v) is 6.07. The van der Waals surface area contributed by atoms with E-state index in [4.69, 9.17) is 0 Å². The van der Waals surface area contributed by atoms with Crippen LogP contribution in [0.4, 0.5) is 0 Å². The zero-order chi connectivity index (χ0) is 13.1. The van der Waals surface area contributed by atoms with Crippen LogP contribution in [0.5, 0.6) is 0 Å². The largest absolute Gasteiger partial charge is 0.389 e. The number of likely N-dealkylation sites (tertiary alicyclic amines) is 1. The predicted octanol–water partition coefficient (Wildman–Crippen LogP) is 0.948. The van der Waals surface area contributed by atoms with Crippen LogP contribution < -0.4 is 0 Å². The highest BCUT2D eigenvalue weighted by atomic mass is 16.3. The first-order valence-corrected chi connectivity index (χ1v) is 6.46. The molecule has 1 amide bonds. The van der Waals surface area contributed by atoms with Crippen LogP contribution in [0, 0.1) is 5.92 Å². The van der Waals surface area contributed by atoms with Crippen molar-refractivity contribution in [2.45, 2.75) is 39.2 Å². The number of carbonyl (C=O) groups is 1. The second-order valence-electron chi connectivity index (χ2n) is 6.07. The molecule has 1 aliphatic heterocycles. The Morgan fingerprint density at radius 3 is 2.71 bits per heavy atom. The van der Waals surface area contributed by atoms with E-state index >= 15 is 0 Å². The molecule has 0 spiro atoms. The van der Waals surface area contributed by atoms with Crippen molar-refractivity contribution >= 4 is 5.91 Å². The fraction of sp³-hybridized carbons (Fsp3) is 0.923. The standard InChI is InChI=1S/C13H26N2O2/c1-11-6-5-7-15(8-11)12(16)9-14(4)10-13(2,3)17/h11,17H,5-10H2,1-4H3. The first-order valence-electron chi connectivity index (χ1n) is 6.46. The van der Waals surface area contributed by atoms with Crippen molar-refractivity contribution in [2.24, 2.45) is 5.92 Å². The average Bonchev–Trinajstić information content (AvgIpc) is 2.14. The summed E-state index contributed by atoms with van der Waals surface area (Å²) in [7, 11) is 1.88. The molecule has 1 fully saturated rings. The van der Waals surface area contributed by atoms with Gasteiger partial charge in [0, 0.05) is 19.6 Å². The number of piperidine rings is 1. The lowest BCUT2D eigenvalue weighted by Gasteiger charge is -2.33. The van der Waals surface area contributed by atoms with Crippen molar-refractivity contribution in [3.05, 3.63) is 0 Å². The number of likely N-dealkylation sites (N-methyl/N-ethyl adjacent to an activating group) is 1. The van der Waals surface area contributed by atoms with E-state index in [2.05, 4.69) is 6.92 Å². The Kier molecular flexibility index (Phi) is 4.95. The Bertz CT molecular complexity index is 261. The predicted molar refractivity (Wildman–Crippen MR) is 68.8 cm³/mol. The van der Waals surface area contributed by atoms with E-state index in [0.29, 0.717) is 19.0 Å².